The van der Waals surface area contributed by atoms with E-state index in [2.05, 4.69) is 4.98 Å². The molecule has 0 spiro atoms. The quantitative estimate of drug-likeness (QED) is 0.804. The third kappa shape index (κ3) is 3.35. The maximum Gasteiger partial charge on any atom is 0.182 e. The summed E-state index contributed by atoms with van der Waals surface area (Å²) in [5.74, 6) is 1.16. The van der Waals surface area contributed by atoms with Crippen LogP contribution in [0.25, 0.3) is 0 Å². The molecular weight excluding hydrogens is 216 g/mol. The van der Waals surface area contributed by atoms with Crippen LogP contribution in [0.4, 0.5) is 0 Å². The minimum Gasteiger partial charge on any atom is -0.487 e. The highest BCUT2D eigenvalue weighted by molar-refractivity contribution is 5.42. The summed E-state index contributed by atoms with van der Waals surface area (Å²) in [5.41, 5.74) is 0.0327. The Hall–Kier alpha value is -1.76. The van der Waals surface area contributed by atoms with Crippen LogP contribution in [0.15, 0.2) is 12.3 Å². The van der Waals surface area contributed by atoms with E-state index in [4.69, 9.17) is 14.7 Å². The van der Waals surface area contributed by atoms with Crippen molar-refractivity contribution in [3.8, 4) is 17.6 Å². The molecule has 17 heavy (non-hydrogen) atoms. The molecule has 1 aliphatic rings. The normalized spacial score (nSPS) is 15.2. The molecule has 1 aromatic rings. The summed E-state index contributed by atoms with van der Waals surface area (Å²) in [6.07, 6.45) is 3.90. The molecule has 1 aliphatic carbocycles. The molecule has 1 aromatic heterocycles. The lowest BCUT2D eigenvalue weighted by molar-refractivity contribution is 0.129. The van der Waals surface area contributed by atoms with Crippen LogP contribution in [0.2, 0.25) is 0 Å². The van der Waals surface area contributed by atoms with Crippen LogP contribution in [-0.2, 0) is 0 Å². The SMILES string of the molecule is CC(C)(C)Oc1cnc(C#N)c(OC2CC2)c1. The van der Waals surface area contributed by atoms with Gasteiger partial charge < -0.3 is 9.47 Å². The zero-order chi connectivity index (χ0) is 12.5. The van der Waals surface area contributed by atoms with Crippen molar-refractivity contribution in [1.82, 2.24) is 4.98 Å². The van der Waals surface area contributed by atoms with E-state index in [-0.39, 0.29) is 11.7 Å². The molecule has 4 heteroatoms. The summed E-state index contributed by atoms with van der Waals surface area (Å²) in [5, 5.41) is 8.94. The average Bonchev–Trinajstić information content (AvgIpc) is 3.00. The smallest absolute Gasteiger partial charge is 0.182 e. The van der Waals surface area contributed by atoms with Gasteiger partial charge in [0.05, 0.1) is 12.3 Å². The molecule has 0 radical (unpaired) electrons. The fourth-order valence-electron chi connectivity index (χ4n) is 1.38. The van der Waals surface area contributed by atoms with E-state index in [1.165, 1.54) is 0 Å². The lowest BCUT2D eigenvalue weighted by Gasteiger charge is -2.21. The van der Waals surface area contributed by atoms with Gasteiger partial charge in [-0.1, -0.05) is 0 Å². The molecule has 0 bridgehead atoms. The van der Waals surface area contributed by atoms with Crippen molar-refractivity contribution in [2.75, 3.05) is 0 Å². The lowest BCUT2D eigenvalue weighted by Crippen LogP contribution is -2.23. The van der Waals surface area contributed by atoms with Crippen molar-refractivity contribution in [2.24, 2.45) is 0 Å². The maximum atomic E-state index is 8.94. The molecule has 1 fully saturated rings. The van der Waals surface area contributed by atoms with E-state index in [1.807, 2.05) is 26.8 Å². The molecule has 4 nitrogen and oxygen atoms in total. The molecule has 1 saturated carbocycles. The summed E-state index contributed by atoms with van der Waals surface area (Å²) in [4.78, 5) is 4.05. The summed E-state index contributed by atoms with van der Waals surface area (Å²) in [6, 6.07) is 3.77. The first-order valence-corrected chi connectivity index (χ1v) is 5.74. The van der Waals surface area contributed by atoms with Gasteiger partial charge in [0, 0.05) is 6.07 Å². The van der Waals surface area contributed by atoms with E-state index in [0.717, 1.165) is 12.8 Å². The Morgan fingerprint density at radius 3 is 2.65 bits per heavy atom. The number of rotatable bonds is 3. The van der Waals surface area contributed by atoms with E-state index in [1.54, 1.807) is 12.3 Å². The number of nitriles is 1. The second-order valence-corrected chi connectivity index (χ2v) is 5.16. The fourth-order valence-corrected chi connectivity index (χ4v) is 1.38. The van der Waals surface area contributed by atoms with Crippen molar-refractivity contribution in [2.45, 2.75) is 45.3 Å². The highest BCUT2D eigenvalue weighted by Gasteiger charge is 2.25. The van der Waals surface area contributed by atoms with Gasteiger partial charge in [0.25, 0.3) is 0 Å². The first-order valence-electron chi connectivity index (χ1n) is 5.74. The lowest BCUT2D eigenvalue weighted by atomic mass is 10.2. The number of hydrogen-bond acceptors (Lipinski definition) is 4. The van der Waals surface area contributed by atoms with Crippen molar-refractivity contribution < 1.29 is 9.47 Å². The van der Waals surface area contributed by atoms with E-state index >= 15 is 0 Å². The van der Waals surface area contributed by atoms with Gasteiger partial charge >= 0.3 is 0 Å². The van der Waals surface area contributed by atoms with E-state index in [9.17, 15) is 0 Å². The van der Waals surface area contributed by atoms with Gasteiger partial charge in [-0.15, -0.1) is 0 Å². The van der Waals surface area contributed by atoms with Crippen LogP contribution in [-0.4, -0.2) is 16.7 Å². The molecule has 0 atom stereocenters. The molecule has 0 amide bonds. The number of aromatic nitrogens is 1. The predicted octanol–water partition coefficient (Wildman–Crippen LogP) is 2.67. The topological polar surface area (TPSA) is 55.1 Å². The Balaban J connectivity index is 2.21. The van der Waals surface area contributed by atoms with Gasteiger partial charge in [-0.25, -0.2) is 4.98 Å². The zero-order valence-corrected chi connectivity index (χ0v) is 10.4. The van der Waals surface area contributed by atoms with Gasteiger partial charge in [0.15, 0.2) is 11.4 Å². The highest BCUT2D eigenvalue weighted by Crippen LogP contribution is 2.31. The van der Waals surface area contributed by atoms with Gasteiger partial charge in [-0.2, -0.15) is 5.26 Å². The Labute approximate surface area is 101 Å². The van der Waals surface area contributed by atoms with Gasteiger partial charge in [-0.05, 0) is 33.6 Å². The Bertz CT molecular complexity index is 453. The minimum absolute atomic E-state index is 0.244. The van der Waals surface area contributed by atoms with Crippen molar-refractivity contribution in [1.29, 1.82) is 5.26 Å². The number of ether oxygens (including phenoxy) is 2. The summed E-state index contributed by atoms with van der Waals surface area (Å²) in [6.45, 7) is 5.89. The van der Waals surface area contributed by atoms with E-state index < -0.39 is 0 Å². The molecule has 1 heterocycles. The standard InChI is InChI=1S/C13H16N2O2/c1-13(2,3)17-10-6-12(16-9-4-5-9)11(7-14)15-8-10/h6,8-9H,4-5H2,1-3H3. The first-order chi connectivity index (χ1) is 7.98. The zero-order valence-electron chi connectivity index (χ0n) is 10.4. The second-order valence-electron chi connectivity index (χ2n) is 5.16. The predicted molar refractivity (Wildman–Crippen MR) is 63.0 cm³/mol. The number of nitrogens with zero attached hydrogens (tertiary/aromatic N) is 2. The van der Waals surface area contributed by atoms with Crippen LogP contribution < -0.4 is 9.47 Å². The molecule has 0 N–H and O–H groups in total. The van der Waals surface area contributed by atoms with Crippen LogP contribution in [0.1, 0.15) is 39.3 Å². The minimum atomic E-state index is -0.285. The van der Waals surface area contributed by atoms with Gasteiger partial charge in [0.2, 0.25) is 0 Å². The Kier molecular flexibility index (Phi) is 2.93. The third-order valence-electron chi connectivity index (χ3n) is 2.18. The molecular formula is C13H16N2O2. The summed E-state index contributed by atoms with van der Waals surface area (Å²) in [7, 11) is 0. The average molecular weight is 232 g/mol. The van der Waals surface area contributed by atoms with Crippen LogP contribution in [0.3, 0.4) is 0 Å². The Morgan fingerprint density at radius 1 is 1.41 bits per heavy atom. The summed E-state index contributed by atoms with van der Waals surface area (Å²) >= 11 is 0. The molecule has 90 valence electrons. The monoisotopic (exact) mass is 232 g/mol. The highest BCUT2D eigenvalue weighted by atomic mass is 16.5. The Morgan fingerprint density at radius 2 is 2.12 bits per heavy atom. The number of hydrogen-bond donors (Lipinski definition) is 0. The fraction of sp³-hybridized carbons (Fsp3) is 0.538. The van der Waals surface area contributed by atoms with Crippen LogP contribution >= 0.6 is 0 Å². The maximum absolute atomic E-state index is 8.94. The van der Waals surface area contributed by atoms with Crippen molar-refractivity contribution >= 4 is 0 Å². The second kappa shape index (κ2) is 4.25. The van der Waals surface area contributed by atoms with Crippen molar-refractivity contribution in [3.05, 3.63) is 18.0 Å². The van der Waals surface area contributed by atoms with Crippen molar-refractivity contribution in [3.63, 3.8) is 0 Å². The van der Waals surface area contributed by atoms with E-state index in [0.29, 0.717) is 17.2 Å². The molecule has 0 saturated heterocycles. The molecule has 0 aromatic carbocycles. The largest absolute Gasteiger partial charge is 0.487 e. The van der Waals surface area contributed by atoms with Gasteiger partial charge in [0.1, 0.15) is 17.4 Å². The van der Waals surface area contributed by atoms with Gasteiger partial charge in [-0.3, -0.25) is 0 Å². The molecule has 0 unspecified atom stereocenters. The van der Waals surface area contributed by atoms with Crippen LogP contribution in [0, 0.1) is 11.3 Å². The molecule has 2 rings (SSSR count). The number of pyridine rings is 1. The molecule has 0 aliphatic heterocycles. The first kappa shape index (κ1) is 11.7. The van der Waals surface area contributed by atoms with Crippen LogP contribution in [0.5, 0.6) is 11.5 Å². The summed E-state index contributed by atoms with van der Waals surface area (Å²) < 4.78 is 11.3. The third-order valence-corrected chi connectivity index (χ3v) is 2.18.